The maximum absolute atomic E-state index is 14.8. The monoisotopic (exact) mass is 614 g/mol. The lowest BCUT2D eigenvalue weighted by Crippen LogP contribution is -2.51. The van der Waals surface area contributed by atoms with Crippen molar-refractivity contribution in [2.24, 2.45) is 11.8 Å². The van der Waals surface area contributed by atoms with Gasteiger partial charge in [0.25, 0.3) is 5.91 Å². The highest BCUT2D eigenvalue weighted by Crippen LogP contribution is 2.52. The Kier molecular flexibility index (Phi) is 7.47. The summed E-state index contributed by atoms with van der Waals surface area (Å²) in [5.74, 6) is 0.482. The van der Waals surface area contributed by atoms with Crippen molar-refractivity contribution in [3.05, 3.63) is 130 Å². The standard InChI is InChI=1S/C35H30N6O3S/c36-20-25-3-5-26(6-4-25)30(42)17-31-39-35(18-23-7-11-37-12-8-23,19-24-9-13-38-14-10-24)34(44)41(31)33-28-21-40(22-29(28)33)32(43)16-27-2-1-15-45-27/h1-15,17,28-29,33,39H,16,18-19,21-22H2/b31-17+. The third-order valence-corrected chi connectivity index (χ3v) is 9.91. The molecule has 1 saturated carbocycles. The number of piperidine rings is 1. The summed E-state index contributed by atoms with van der Waals surface area (Å²) in [6, 6.07) is 20.0. The summed E-state index contributed by atoms with van der Waals surface area (Å²) in [4.78, 5) is 54.4. The molecule has 3 aromatic heterocycles. The Balaban J connectivity index is 1.21. The highest BCUT2D eigenvalue weighted by atomic mass is 32.1. The van der Waals surface area contributed by atoms with Gasteiger partial charge in [-0.05, 0) is 71.1 Å². The summed E-state index contributed by atoms with van der Waals surface area (Å²) in [5, 5.41) is 14.7. The first-order chi connectivity index (χ1) is 21.9. The number of hydrogen-bond acceptors (Lipinski definition) is 8. The van der Waals surface area contributed by atoms with Crippen LogP contribution in [0.25, 0.3) is 0 Å². The van der Waals surface area contributed by atoms with E-state index in [1.54, 1.807) is 65.3 Å². The molecule has 45 heavy (non-hydrogen) atoms. The molecule has 9 nitrogen and oxygen atoms in total. The second-order valence-corrected chi connectivity index (χ2v) is 12.9. The maximum atomic E-state index is 14.8. The van der Waals surface area contributed by atoms with Crippen LogP contribution in [0, 0.1) is 23.2 Å². The van der Waals surface area contributed by atoms with Gasteiger partial charge < -0.3 is 10.2 Å². The number of ketones is 1. The van der Waals surface area contributed by atoms with E-state index in [2.05, 4.69) is 21.4 Å². The van der Waals surface area contributed by atoms with E-state index in [1.165, 1.54) is 6.08 Å². The molecule has 0 spiro atoms. The molecule has 4 aromatic rings. The van der Waals surface area contributed by atoms with Crippen molar-refractivity contribution in [2.75, 3.05) is 13.1 Å². The van der Waals surface area contributed by atoms with Crippen LogP contribution in [0.2, 0.25) is 0 Å². The van der Waals surface area contributed by atoms with Crippen molar-refractivity contribution in [1.82, 2.24) is 25.1 Å². The molecule has 7 rings (SSSR count). The zero-order valence-corrected chi connectivity index (χ0v) is 25.2. The van der Waals surface area contributed by atoms with Crippen molar-refractivity contribution in [3.8, 4) is 6.07 Å². The Hall–Kier alpha value is -5.14. The number of nitriles is 1. The molecule has 2 atom stereocenters. The number of benzene rings is 1. The van der Waals surface area contributed by atoms with E-state index in [0.29, 0.717) is 49.3 Å². The van der Waals surface area contributed by atoms with E-state index < -0.39 is 5.54 Å². The fraction of sp³-hybridized carbons (Fsp3) is 0.257. The van der Waals surface area contributed by atoms with Crippen LogP contribution in [0.15, 0.2) is 103 Å². The normalized spacial score (nSPS) is 22.2. The van der Waals surface area contributed by atoms with Gasteiger partial charge in [-0.25, -0.2) is 0 Å². The van der Waals surface area contributed by atoms with E-state index in [-0.39, 0.29) is 35.5 Å². The summed E-state index contributed by atoms with van der Waals surface area (Å²) >= 11 is 1.58. The number of fused-ring (bicyclic) bond motifs is 1. The largest absolute Gasteiger partial charge is 0.357 e. The number of allylic oxidation sites excluding steroid dienone is 1. The molecule has 5 heterocycles. The second-order valence-electron chi connectivity index (χ2n) is 11.9. The van der Waals surface area contributed by atoms with Gasteiger partial charge in [-0.3, -0.25) is 29.3 Å². The first kappa shape index (κ1) is 28.6. The Bertz CT molecular complexity index is 1750. The molecule has 1 N–H and O–H groups in total. The van der Waals surface area contributed by atoms with Gasteiger partial charge in [0, 0.05) is 85.1 Å². The Morgan fingerprint density at radius 3 is 2.13 bits per heavy atom. The fourth-order valence-electron chi connectivity index (χ4n) is 6.77. The smallest absolute Gasteiger partial charge is 0.254 e. The highest BCUT2D eigenvalue weighted by molar-refractivity contribution is 7.10. The molecule has 3 aliphatic rings. The van der Waals surface area contributed by atoms with E-state index in [0.717, 1.165) is 16.0 Å². The summed E-state index contributed by atoms with van der Waals surface area (Å²) in [5.41, 5.74) is 1.73. The van der Waals surface area contributed by atoms with Crippen LogP contribution in [0.5, 0.6) is 0 Å². The number of nitrogens with zero attached hydrogens (tertiary/aromatic N) is 5. The molecular formula is C35H30N6O3S. The molecule has 0 bridgehead atoms. The van der Waals surface area contributed by atoms with Crippen LogP contribution >= 0.6 is 11.3 Å². The van der Waals surface area contributed by atoms with E-state index in [1.807, 2.05) is 46.7 Å². The molecule has 2 amide bonds. The summed E-state index contributed by atoms with van der Waals surface area (Å²) in [7, 11) is 0. The zero-order valence-electron chi connectivity index (χ0n) is 24.4. The highest BCUT2D eigenvalue weighted by Gasteiger charge is 2.64. The van der Waals surface area contributed by atoms with Crippen LogP contribution in [0.1, 0.15) is 31.9 Å². The number of aromatic nitrogens is 2. The van der Waals surface area contributed by atoms with Gasteiger partial charge in [-0.1, -0.05) is 6.07 Å². The number of hydrogen-bond donors (Lipinski definition) is 1. The first-order valence-corrected chi connectivity index (χ1v) is 15.8. The van der Waals surface area contributed by atoms with Gasteiger partial charge in [-0.2, -0.15) is 5.26 Å². The van der Waals surface area contributed by atoms with Gasteiger partial charge in [-0.15, -0.1) is 11.3 Å². The lowest BCUT2D eigenvalue weighted by Gasteiger charge is -2.28. The van der Waals surface area contributed by atoms with Crippen molar-refractivity contribution in [2.45, 2.75) is 30.8 Å². The predicted octanol–water partition coefficient (Wildman–Crippen LogP) is 3.79. The molecule has 2 saturated heterocycles. The molecule has 1 aromatic carbocycles. The number of rotatable bonds is 9. The zero-order chi connectivity index (χ0) is 31.0. The van der Waals surface area contributed by atoms with Gasteiger partial charge in [0.05, 0.1) is 18.1 Å². The molecular weight excluding hydrogens is 584 g/mol. The number of pyridine rings is 2. The average Bonchev–Trinajstić information content (AvgIpc) is 3.44. The fourth-order valence-corrected chi connectivity index (χ4v) is 7.47. The number of carbonyl (C=O) groups is 3. The van der Waals surface area contributed by atoms with Crippen molar-refractivity contribution in [3.63, 3.8) is 0 Å². The van der Waals surface area contributed by atoms with Crippen molar-refractivity contribution in [1.29, 1.82) is 5.26 Å². The van der Waals surface area contributed by atoms with Gasteiger partial charge in [0.1, 0.15) is 11.4 Å². The van der Waals surface area contributed by atoms with Crippen LogP contribution in [-0.2, 0) is 28.9 Å². The maximum Gasteiger partial charge on any atom is 0.254 e. The Morgan fingerprint density at radius 1 is 0.956 bits per heavy atom. The lowest BCUT2D eigenvalue weighted by molar-refractivity contribution is -0.133. The van der Waals surface area contributed by atoms with Gasteiger partial charge >= 0.3 is 0 Å². The van der Waals surface area contributed by atoms with Crippen molar-refractivity contribution >= 4 is 28.9 Å². The van der Waals surface area contributed by atoms with Crippen LogP contribution < -0.4 is 5.32 Å². The summed E-state index contributed by atoms with van der Waals surface area (Å²) < 4.78 is 0. The first-order valence-electron chi connectivity index (χ1n) is 14.9. The summed E-state index contributed by atoms with van der Waals surface area (Å²) in [6.45, 7) is 1.17. The topological polar surface area (TPSA) is 119 Å². The molecule has 224 valence electrons. The number of carbonyl (C=O) groups excluding carboxylic acids is 3. The minimum Gasteiger partial charge on any atom is -0.357 e. The molecule has 10 heteroatoms. The van der Waals surface area contributed by atoms with E-state index in [9.17, 15) is 19.6 Å². The molecule has 0 radical (unpaired) electrons. The van der Waals surface area contributed by atoms with Crippen molar-refractivity contribution < 1.29 is 14.4 Å². The average molecular weight is 615 g/mol. The number of likely N-dealkylation sites (tertiary alicyclic amines) is 1. The van der Waals surface area contributed by atoms with Crippen LogP contribution in [0.3, 0.4) is 0 Å². The molecule has 2 unspecified atom stereocenters. The van der Waals surface area contributed by atoms with E-state index in [4.69, 9.17) is 0 Å². The summed E-state index contributed by atoms with van der Waals surface area (Å²) in [6.07, 6.45) is 9.53. The number of thiophene rings is 1. The van der Waals surface area contributed by atoms with E-state index >= 15 is 0 Å². The van der Waals surface area contributed by atoms with Crippen LogP contribution in [-0.4, -0.2) is 62.0 Å². The minimum atomic E-state index is -1.05. The molecule has 2 aliphatic heterocycles. The Morgan fingerprint density at radius 2 is 1.58 bits per heavy atom. The van der Waals surface area contributed by atoms with Crippen LogP contribution in [0.4, 0.5) is 0 Å². The number of amides is 2. The van der Waals surface area contributed by atoms with Gasteiger partial charge in [0.15, 0.2) is 5.78 Å². The second kappa shape index (κ2) is 11.7. The molecule has 3 fully saturated rings. The third-order valence-electron chi connectivity index (χ3n) is 9.04. The quantitative estimate of drug-likeness (QED) is 0.225. The van der Waals surface area contributed by atoms with Gasteiger partial charge in [0.2, 0.25) is 5.91 Å². The lowest BCUT2D eigenvalue weighted by atomic mass is 9.85. The Labute approximate surface area is 264 Å². The molecule has 1 aliphatic carbocycles. The number of nitrogens with one attached hydrogen (secondary N) is 1. The minimum absolute atomic E-state index is 0.0918. The third kappa shape index (κ3) is 5.63. The SMILES string of the molecule is N#Cc1ccc(C(=O)/C=C2\NC(Cc3ccncc3)(Cc3ccncc3)C(=O)N2C2C3CN(C(=O)Cc4cccs4)CC32)cc1. The predicted molar refractivity (Wildman–Crippen MR) is 168 cm³/mol.